The maximum atomic E-state index is 13.3. The van der Waals surface area contributed by atoms with Crippen LogP contribution in [0.2, 0.25) is 0 Å². The highest BCUT2D eigenvalue weighted by molar-refractivity contribution is 9.10. The lowest BCUT2D eigenvalue weighted by atomic mass is 10.3. The molecule has 15 heavy (non-hydrogen) atoms. The summed E-state index contributed by atoms with van der Waals surface area (Å²) in [5.41, 5.74) is 0.944. The quantitative estimate of drug-likeness (QED) is 0.931. The van der Waals surface area contributed by atoms with Gasteiger partial charge in [0.2, 0.25) is 0 Å². The van der Waals surface area contributed by atoms with E-state index in [-0.39, 0.29) is 11.6 Å². The van der Waals surface area contributed by atoms with Crippen molar-refractivity contribution in [2.75, 3.05) is 5.32 Å². The van der Waals surface area contributed by atoms with Crippen molar-refractivity contribution in [3.05, 3.63) is 46.7 Å². The Morgan fingerprint density at radius 1 is 1.53 bits per heavy atom. The minimum Gasteiger partial charge on any atom is -0.472 e. The van der Waals surface area contributed by atoms with Gasteiger partial charge in [-0.3, -0.25) is 0 Å². The van der Waals surface area contributed by atoms with Crippen LogP contribution in [0, 0.1) is 5.82 Å². The second-order valence-electron chi connectivity index (χ2n) is 2.97. The summed E-state index contributed by atoms with van der Waals surface area (Å²) >= 11 is 3.14. The molecule has 0 saturated carbocycles. The molecule has 2 heterocycles. The lowest BCUT2D eigenvalue weighted by molar-refractivity contribution is 0.564. The van der Waals surface area contributed by atoms with Crippen LogP contribution in [0.5, 0.6) is 0 Å². The van der Waals surface area contributed by atoms with Crippen molar-refractivity contribution < 1.29 is 8.81 Å². The van der Waals surface area contributed by atoms with Crippen LogP contribution < -0.4 is 5.32 Å². The van der Waals surface area contributed by atoms with Gasteiger partial charge < -0.3 is 9.73 Å². The van der Waals surface area contributed by atoms with Gasteiger partial charge in [0.05, 0.1) is 12.5 Å². The van der Waals surface area contributed by atoms with E-state index >= 15 is 0 Å². The number of furan rings is 1. The zero-order valence-electron chi connectivity index (χ0n) is 7.71. The van der Waals surface area contributed by atoms with Crippen molar-refractivity contribution in [3.8, 4) is 0 Å². The van der Waals surface area contributed by atoms with E-state index in [2.05, 4.69) is 26.2 Å². The van der Waals surface area contributed by atoms with Crippen molar-refractivity contribution in [1.82, 2.24) is 4.98 Å². The van der Waals surface area contributed by atoms with Gasteiger partial charge in [-0.1, -0.05) is 0 Å². The number of rotatable bonds is 3. The maximum Gasteiger partial charge on any atom is 0.166 e. The van der Waals surface area contributed by atoms with Crippen LogP contribution >= 0.6 is 15.9 Å². The van der Waals surface area contributed by atoms with Crippen molar-refractivity contribution in [2.24, 2.45) is 0 Å². The highest BCUT2D eigenvalue weighted by atomic mass is 79.9. The first kappa shape index (κ1) is 10.2. The molecule has 0 fully saturated rings. The molecular formula is C10H8BrFN2O. The summed E-state index contributed by atoms with van der Waals surface area (Å²) in [5, 5.41) is 2.88. The minimum absolute atomic E-state index is 0.236. The van der Waals surface area contributed by atoms with E-state index in [1.54, 1.807) is 18.7 Å². The molecule has 2 aromatic rings. The molecule has 2 aromatic heterocycles. The summed E-state index contributed by atoms with van der Waals surface area (Å²) in [6, 6.07) is 3.18. The fourth-order valence-corrected chi connectivity index (χ4v) is 1.43. The fraction of sp³-hybridized carbons (Fsp3) is 0.100. The molecule has 0 radical (unpaired) electrons. The Bertz CT molecular complexity index is 445. The second kappa shape index (κ2) is 4.44. The Morgan fingerprint density at radius 3 is 3.07 bits per heavy atom. The smallest absolute Gasteiger partial charge is 0.166 e. The molecule has 0 aliphatic rings. The highest BCUT2D eigenvalue weighted by Gasteiger charge is 2.03. The number of hydrogen-bond acceptors (Lipinski definition) is 3. The molecule has 3 nitrogen and oxygen atoms in total. The number of hydrogen-bond donors (Lipinski definition) is 1. The Kier molecular flexibility index (Phi) is 3.01. The average Bonchev–Trinajstić information content (AvgIpc) is 2.69. The van der Waals surface area contributed by atoms with E-state index in [1.807, 2.05) is 6.07 Å². The first-order valence-corrected chi connectivity index (χ1v) is 5.11. The molecule has 0 saturated heterocycles. The summed E-state index contributed by atoms with van der Waals surface area (Å²) in [6.07, 6.45) is 4.72. The third kappa shape index (κ3) is 2.56. The third-order valence-corrected chi connectivity index (χ3v) is 2.28. The van der Waals surface area contributed by atoms with Crippen molar-refractivity contribution in [3.63, 3.8) is 0 Å². The fourth-order valence-electron chi connectivity index (χ4n) is 1.12. The monoisotopic (exact) mass is 270 g/mol. The predicted molar refractivity (Wildman–Crippen MR) is 57.9 cm³/mol. The Balaban J connectivity index is 2.05. The molecule has 0 spiro atoms. The molecule has 0 unspecified atom stereocenters. The zero-order valence-corrected chi connectivity index (χ0v) is 9.29. The van der Waals surface area contributed by atoms with Crippen LogP contribution in [0.3, 0.4) is 0 Å². The van der Waals surface area contributed by atoms with Gasteiger partial charge in [-0.25, -0.2) is 9.37 Å². The lowest BCUT2D eigenvalue weighted by Gasteiger charge is -2.04. The topological polar surface area (TPSA) is 38.1 Å². The van der Waals surface area contributed by atoms with Gasteiger partial charge in [0.1, 0.15) is 0 Å². The van der Waals surface area contributed by atoms with Crippen LogP contribution in [0.25, 0.3) is 0 Å². The summed E-state index contributed by atoms with van der Waals surface area (Å²) < 4.78 is 18.8. The summed E-state index contributed by atoms with van der Waals surface area (Å²) in [4.78, 5) is 3.91. The van der Waals surface area contributed by atoms with E-state index < -0.39 is 0 Å². The first-order valence-electron chi connectivity index (χ1n) is 4.31. The zero-order chi connectivity index (χ0) is 10.7. The molecule has 0 atom stereocenters. The Morgan fingerprint density at radius 2 is 2.40 bits per heavy atom. The molecule has 0 bridgehead atoms. The molecule has 0 amide bonds. The van der Waals surface area contributed by atoms with Gasteiger partial charge in [-0.05, 0) is 28.1 Å². The molecule has 0 aromatic carbocycles. The van der Waals surface area contributed by atoms with E-state index in [9.17, 15) is 4.39 Å². The minimum atomic E-state index is -0.382. The third-order valence-electron chi connectivity index (χ3n) is 1.85. The number of nitrogens with one attached hydrogen (secondary N) is 1. The van der Waals surface area contributed by atoms with Gasteiger partial charge in [0.25, 0.3) is 0 Å². The van der Waals surface area contributed by atoms with E-state index in [0.29, 0.717) is 11.0 Å². The number of pyridine rings is 1. The predicted octanol–water partition coefficient (Wildman–Crippen LogP) is 3.19. The van der Waals surface area contributed by atoms with E-state index in [1.165, 1.54) is 6.07 Å². The molecule has 78 valence electrons. The highest BCUT2D eigenvalue weighted by Crippen LogP contribution is 2.16. The Hall–Kier alpha value is -1.36. The SMILES string of the molecule is Fc1cc(Br)cnc1NCc1ccoc1. The molecular weight excluding hydrogens is 263 g/mol. The number of aromatic nitrogens is 1. The van der Waals surface area contributed by atoms with Crippen LogP contribution in [0.15, 0.2) is 39.7 Å². The molecule has 2 rings (SSSR count). The number of anilines is 1. The number of halogens is 2. The summed E-state index contributed by atoms with van der Waals surface area (Å²) in [7, 11) is 0. The summed E-state index contributed by atoms with van der Waals surface area (Å²) in [5.74, 6) is -0.146. The van der Waals surface area contributed by atoms with Crippen molar-refractivity contribution >= 4 is 21.7 Å². The largest absolute Gasteiger partial charge is 0.472 e. The lowest BCUT2D eigenvalue weighted by Crippen LogP contribution is -2.02. The second-order valence-corrected chi connectivity index (χ2v) is 3.88. The van der Waals surface area contributed by atoms with Crippen LogP contribution in [0.1, 0.15) is 5.56 Å². The van der Waals surface area contributed by atoms with Crippen molar-refractivity contribution in [2.45, 2.75) is 6.54 Å². The Labute approximate surface area is 94.5 Å². The van der Waals surface area contributed by atoms with E-state index in [0.717, 1.165) is 5.56 Å². The molecule has 0 aliphatic carbocycles. The van der Waals surface area contributed by atoms with Crippen molar-refractivity contribution in [1.29, 1.82) is 0 Å². The molecule has 5 heteroatoms. The number of nitrogens with zero attached hydrogens (tertiary/aromatic N) is 1. The first-order chi connectivity index (χ1) is 7.25. The maximum absolute atomic E-state index is 13.3. The standard InChI is InChI=1S/C10H8BrFN2O/c11-8-3-9(12)10(14-5-8)13-4-7-1-2-15-6-7/h1-3,5-6H,4H2,(H,13,14). The average molecular weight is 271 g/mol. The van der Waals surface area contributed by atoms with Gasteiger partial charge in [-0.2, -0.15) is 0 Å². The van der Waals surface area contributed by atoms with Crippen LogP contribution in [0.4, 0.5) is 10.2 Å². The van der Waals surface area contributed by atoms with Gasteiger partial charge in [-0.15, -0.1) is 0 Å². The van der Waals surface area contributed by atoms with Gasteiger partial charge in [0, 0.05) is 22.8 Å². The van der Waals surface area contributed by atoms with Crippen LogP contribution in [-0.2, 0) is 6.54 Å². The normalized spacial score (nSPS) is 10.3. The molecule has 1 N–H and O–H groups in total. The van der Waals surface area contributed by atoms with Crippen LogP contribution in [-0.4, -0.2) is 4.98 Å². The van der Waals surface area contributed by atoms with Gasteiger partial charge in [0.15, 0.2) is 11.6 Å². The van der Waals surface area contributed by atoms with Gasteiger partial charge >= 0.3 is 0 Å². The molecule has 0 aliphatic heterocycles. The summed E-state index contributed by atoms with van der Waals surface area (Å²) in [6.45, 7) is 0.488. The van der Waals surface area contributed by atoms with E-state index in [4.69, 9.17) is 4.42 Å².